The van der Waals surface area contributed by atoms with Gasteiger partial charge >= 0.3 is 0 Å². The molecule has 2 aliphatic rings. The molecule has 0 unspecified atom stereocenters. The standard InChI is InChI=1S/C29H30F2N6O3/c1-18-27(19-3-4-32-25(13-19)38-2)34-23-15-20(30)14-22(31)26(23)28(18)35-24-16-21(36-5-9-39-10-6-36)17-33-29(24)37-7-11-40-12-8-37/h3-4,13-17H,5-12H2,1-2H3,(H,34,35). The van der Waals surface area contributed by atoms with Crippen LogP contribution in [0.15, 0.2) is 42.7 Å². The number of fused-ring (bicyclic) bond motifs is 1. The van der Waals surface area contributed by atoms with Crippen molar-refractivity contribution in [2.75, 3.05) is 74.8 Å². The number of nitrogens with zero attached hydrogens (tertiary/aromatic N) is 5. The summed E-state index contributed by atoms with van der Waals surface area (Å²) in [4.78, 5) is 18.1. The van der Waals surface area contributed by atoms with E-state index in [-0.39, 0.29) is 10.9 Å². The van der Waals surface area contributed by atoms with Crippen LogP contribution in [0.1, 0.15) is 5.56 Å². The van der Waals surface area contributed by atoms with Crippen molar-refractivity contribution in [1.82, 2.24) is 15.0 Å². The normalized spacial score (nSPS) is 15.9. The lowest BCUT2D eigenvalue weighted by atomic mass is 10.0. The highest BCUT2D eigenvalue weighted by atomic mass is 19.1. The van der Waals surface area contributed by atoms with Crippen LogP contribution in [-0.2, 0) is 9.47 Å². The molecular formula is C29H30F2N6O3. The summed E-state index contributed by atoms with van der Waals surface area (Å²) in [7, 11) is 1.53. The van der Waals surface area contributed by atoms with Crippen molar-refractivity contribution in [1.29, 1.82) is 0 Å². The molecule has 0 radical (unpaired) electrons. The molecule has 208 valence electrons. The molecule has 6 rings (SSSR count). The smallest absolute Gasteiger partial charge is 0.213 e. The fourth-order valence-electron chi connectivity index (χ4n) is 5.21. The molecule has 5 heterocycles. The number of nitrogens with one attached hydrogen (secondary N) is 1. The number of aromatic nitrogens is 3. The van der Waals surface area contributed by atoms with Crippen LogP contribution in [-0.4, -0.2) is 74.7 Å². The third-order valence-corrected chi connectivity index (χ3v) is 7.26. The number of hydrogen-bond acceptors (Lipinski definition) is 9. The van der Waals surface area contributed by atoms with Gasteiger partial charge in [0.1, 0.15) is 11.6 Å². The topological polar surface area (TPSA) is 84.9 Å². The quantitative estimate of drug-likeness (QED) is 0.368. The predicted molar refractivity (Wildman–Crippen MR) is 150 cm³/mol. The summed E-state index contributed by atoms with van der Waals surface area (Å²) in [6, 6.07) is 7.71. The number of hydrogen-bond donors (Lipinski definition) is 1. The van der Waals surface area contributed by atoms with Gasteiger partial charge in [-0.3, -0.25) is 0 Å². The van der Waals surface area contributed by atoms with Crippen LogP contribution in [0, 0.1) is 18.6 Å². The second-order valence-corrected chi connectivity index (χ2v) is 9.72. The number of methoxy groups -OCH3 is 1. The van der Waals surface area contributed by atoms with Gasteiger partial charge in [0.05, 0.1) is 73.4 Å². The number of halogens is 2. The molecule has 1 aromatic carbocycles. The van der Waals surface area contributed by atoms with E-state index in [1.165, 1.54) is 13.2 Å². The molecule has 0 spiro atoms. The zero-order valence-electron chi connectivity index (χ0n) is 22.4. The Balaban J connectivity index is 1.53. The SMILES string of the molecule is COc1cc(-c2nc3cc(F)cc(F)c3c(Nc3cc(N4CCOCC4)cnc3N3CCOCC3)c2C)ccn1. The Kier molecular flexibility index (Phi) is 7.31. The van der Waals surface area contributed by atoms with Crippen molar-refractivity contribution >= 4 is 33.8 Å². The number of pyridine rings is 3. The van der Waals surface area contributed by atoms with Crippen molar-refractivity contribution in [2.45, 2.75) is 6.92 Å². The molecule has 4 aromatic rings. The van der Waals surface area contributed by atoms with Gasteiger partial charge in [0.2, 0.25) is 5.88 Å². The molecule has 9 nitrogen and oxygen atoms in total. The maximum Gasteiger partial charge on any atom is 0.213 e. The van der Waals surface area contributed by atoms with Crippen LogP contribution < -0.4 is 19.9 Å². The van der Waals surface area contributed by atoms with E-state index in [0.717, 1.165) is 30.7 Å². The van der Waals surface area contributed by atoms with Crippen LogP contribution in [0.2, 0.25) is 0 Å². The Labute approximate surface area is 230 Å². The third kappa shape index (κ3) is 5.09. The number of anilines is 4. The largest absolute Gasteiger partial charge is 0.481 e. The average molecular weight is 549 g/mol. The first kappa shape index (κ1) is 26.1. The van der Waals surface area contributed by atoms with E-state index < -0.39 is 11.6 Å². The molecule has 2 saturated heterocycles. The minimum absolute atomic E-state index is 0.196. The van der Waals surface area contributed by atoms with E-state index in [9.17, 15) is 4.39 Å². The Bertz CT molecular complexity index is 1540. The number of ether oxygens (including phenoxy) is 3. The van der Waals surface area contributed by atoms with Crippen molar-refractivity contribution in [2.24, 2.45) is 0 Å². The fourth-order valence-corrected chi connectivity index (χ4v) is 5.21. The minimum atomic E-state index is -0.699. The summed E-state index contributed by atoms with van der Waals surface area (Å²) in [5.41, 5.74) is 4.30. The zero-order valence-corrected chi connectivity index (χ0v) is 22.4. The van der Waals surface area contributed by atoms with E-state index in [2.05, 4.69) is 25.1 Å². The molecule has 3 aromatic heterocycles. The maximum atomic E-state index is 15.5. The Morgan fingerprint density at radius 2 is 1.65 bits per heavy atom. The Hall–Kier alpha value is -4.09. The monoisotopic (exact) mass is 548 g/mol. The minimum Gasteiger partial charge on any atom is -0.481 e. The highest BCUT2D eigenvalue weighted by Gasteiger charge is 2.23. The Morgan fingerprint density at radius 1 is 0.925 bits per heavy atom. The first-order valence-corrected chi connectivity index (χ1v) is 13.2. The van der Waals surface area contributed by atoms with Gasteiger partial charge in [-0.2, -0.15) is 0 Å². The summed E-state index contributed by atoms with van der Waals surface area (Å²) in [5, 5.41) is 3.71. The first-order chi connectivity index (χ1) is 19.5. The second-order valence-electron chi connectivity index (χ2n) is 9.72. The van der Waals surface area contributed by atoms with E-state index >= 15 is 4.39 Å². The highest BCUT2D eigenvalue weighted by molar-refractivity contribution is 5.99. The van der Waals surface area contributed by atoms with Gasteiger partial charge < -0.3 is 29.3 Å². The molecule has 2 aliphatic heterocycles. The average Bonchev–Trinajstić information content (AvgIpc) is 2.99. The zero-order chi connectivity index (χ0) is 27.6. The van der Waals surface area contributed by atoms with Crippen molar-refractivity contribution in [3.63, 3.8) is 0 Å². The lowest BCUT2D eigenvalue weighted by Gasteiger charge is -2.32. The van der Waals surface area contributed by atoms with Gasteiger partial charge in [0.25, 0.3) is 0 Å². The molecular weight excluding hydrogens is 518 g/mol. The number of morpholine rings is 2. The molecule has 0 aliphatic carbocycles. The molecule has 0 saturated carbocycles. The second kappa shape index (κ2) is 11.2. The molecule has 0 atom stereocenters. The van der Waals surface area contributed by atoms with E-state index in [0.29, 0.717) is 73.6 Å². The molecule has 40 heavy (non-hydrogen) atoms. The molecule has 0 amide bonds. The molecule has 1 N–H and O–H groups in total. The van der Waals surface area contributed by atoms with Gasteiger partial charge in [-0.25, -0.2) is 23.7 Å². The van der Waals surface area contributed by atoms with Gasteiger partial charge in [-0.15, -0.1) is 0 Å². The van der Waals surface area contributed by atoms with Crippen LogP contribution >= 0.6 is 0 Å². The lowest BCUT2D eigenvalue weighted by Crippen LogP contribution is -2.38. The van der Waals surface area contributed by atoms with Gasteiger partial charge in [-0.05, 0) is 24.6 Å². The van der Waals surface area contributed by atoms with Crippen LogP contribution in [0.5, 0.6) is 5.88 Å². The predicted octanol–water partition coefficient (Wildman–Crippen LogP) is 4.70. The first-order valence-electron chi connectivity index (χ1n) is 13.2. The summed E-state index contributed by atoms with van der Waals surface area (Å²) >= 11 is 0. The molecule has 2 fully saturated rings. The third-order valence-electron chi connectivity index (χ3n) is 7.26. The molecule has 11 heteroatoms. The van der Waals surface area contributed by atoms with E-state index in [4.69, 9.17) is 19.2 Å². The van der Waals surface area contributed by atoms with Crippen molar-refractivity contribution in [3.8, 4) is 17.1 Å². The van der Waals surface area contributed by atoms with Crippen LogP contribution in [0.3, 0.4) is 0 Å². The summed E-state index contributed by atoms with van der Waals surface area (Å²) in [6.45, 7) is 7.17. The van der Waals surface area contributed by atoms with E-state index in [1.54, 1.807) is 18.3 Å². The van der Waals surface area contributed by atoms with Crippen LogP contribution in [0.4, 0.5) is 31.7 Å². The van der Waals surface area contributed by atoms with Crippen LogP contribution in [0.25, 0.3) is 22.2 Å². The van der Waals surface area contributed by atoms with Gasteiger partial charge in [-0.1, -0.05) is 0 Å². The highest BCUT2D eigenvalue weighted by Crippen LogP contribution is 2.40. The summed E-state index contributed by atoms with van der Waals surface area (Å²) < 4.78 is 46.3. The van der Waals surface area contributed by atoms with Gasteiger partial charge in [0, 0.05) is 56.1 Å². The Morgan fingerprint density at radius 3 is 2.38 bits per heavy atom. The van der Waals surface area contributed by atoms with Crippen molar-refractivity contribution in [3.05, 3.63) is 59.9 Å². The van der Waals surface area contributed by atoms with Crippen molar-refractivity contribution < 1.29 is 23.0 Å². The lowest BCUT2D eigenvalue weighted by molar-refractivity contribution is 0.122. The number of benzene rings is 1. The summed E-state index contributed by atoms with van der Waals surface area (Å²) in [5.74, 6) is -0.247. The van der Waals surface area contributed by atoms with Gasteiger partial charge in [0.15, 0.2) is 5.82 Å². The molecule has 0 bridgehead atoms. The van der Waals surface area contributed by atoms with E-state index in [1.807, 2.05) is 19.2 Å². The fraction of sp³-hybridized carbons (Fsp3) is 0.345. The summed E-state index contributed by atoms with van der Waals surface area (Å²) in [6.07, 6.45) is 3.48. The number of rotatable bonds is 6. The maximum absolute atomic E-state index is 15.5.